The van der Waals surface area contributed by atoms with Gasteiger partial charge in [0.25, 0.3) is 0 Å². The predicted molar refractivity (Wildman–Crippen MR) is 52.5 cm³/mol. The highest BCUT2D eigenvalue weighted by Gasteiger charge is 2.17. The molecule has 0 saturated carbocycles. The zero-order valence-corrected chi connectivity index (χ0v) is 8.90. The SMILES string of the molecule is CCC(=O)C(C)SC(C)C(C)=O. The first-order valence-corrected chi connectivity index (χ1v) is 5.12. The van der Waals surface area contributed by atoms with Gasteiger partial charge in [-0.15, -0.1) is 11.8 Å². The molecule has 70 valence electrons. The van der Waals surface area contributed by atoms with E-state index < -0.39 is 0 Å². The third-order valence-electron chi connectivity index (χ3n) is 1.78. The summed E-state index contributed by atoms with van der Waals surface area (Å²) in [4.78, 5) is 22.0. The molecule has 0 rings (SSSR count). The van der Waals surface area contributed by atoms with Gasteiger partial charge in [0, 0.05) is 6.42 Å². The molecule has 0 saturated heterocycles. The summed E-state index contributed by atoms with van der Waals surface area (Å²) in [6.07, 6.45) is 0.554. The van der Waals surface area contributed by atoms with E-state index in [0.29, 0.717) is 6.42 Å². The Morgan fingerprint density at radius 1 is 1.25 bits per heavy atom. The van der Waals surface area contributed by atoms with Crippen LogP contribution in [0.25, 0.3) is 0 Å². The Morgan fingerprint density at radius 3 is 2.08 bits per heavy atom. The number of thioether (sulfide) groups is 1. The lowest BCUT2D eigenvalue weighted by Gasteiger charge is -2.12. The molecule has 0 bridgehead atoms. The van der Waals surface area contributed by atoms with Gasteiger partial charge in [-0.05, 0) is 20.8 Å². The molecule has 0 amide bonds. The quantitative estimate of drug-likeness (QED) is 0.662. The molecule has 0 N–H and O–H groups in total. The molecule has 3 heteroatoms. The fraction of sp³-hybridized carbons (Fsp3) is 0.778. The first-order valence-electron chi connectivity index (χ1n) is 4.17. The topological polar surface area (TPSA) is 34.1 Å². The minimum Gasteiger partial charge on any atom is -0.299 e. The van der Waals surface area contributed by atoms with Crippen LogP contribution in [0.3, 0.4) is 0 Å². The molecule has 0 radical (unpaired) electrons. The van der Waals surface area contributed by atoms with Gasteiger partial charge in [0.2, 0.25) is 0 Å². The Balaban J connectivity index is 3.91. The fourth-order valence-corrected chi connectivity index (χ4v) is 1.89. The smallest absolute Gasteiger partial charge is 0.145 e. The highest BCUT2D eigenvalue weighted by atomic mass is 32.2. The second-order valence-electron chi connectivity index (χ2n) is 2.85. The third-order valence-corrected chi connectivity index (χ3v) is 3.19. The van der Waals surface area contributed by atoms with Crippen molar-refractivity contribution in [1.82, 2.24) is 0 Å². The van der Waals surface area contributed by atoms with E-state index in [1.165, 1.54) is 11.8 Å². The molecule has 2 atom stereocenters. The molecular formula is C9H16O2S. The molecule has 0 spiro atoms. The van der Waals surface area contributed by atoms with E-state index in [1.807, 2.05) is 20.8 Å². The van der Waals surface area contributed by atoms with Crippen LogP contribution in [0.15, 0.2) is 0 Å². The van der Waals surface area contributed by atoms with Crippen LogP contribution in [0.1, 0.15) is 34.1 Å². The number of ketones is 2. The van der Waals surface area contributed by atoms with Crippen molar-refractivity contribution in [2.45, 2.75) is 44.6 Å². The maximum atomic E-state index is 11.1. The van der Waals surface area contributed by atoms with E-state index in [4.69, 9.17) is 0 Å². The van der Waals surface area contributed by atoms with Crippen LogP contribution in [0.4, 0.5) is 0 Å². The zero-order valence-electron chi connectivity index (χ0n) is 8.09. The summed E-state index contributed by atoms with van der Waals surface area (Å²) >= 11 is 1.44. The van der Waals surface area contributed by atoms with Crippen molar-refractivity contribution < 1.29 is 9.59 Å². The molecule has 0 aliphatic rings. The van der Waals surface area contributed by atoms with Crippen molar-refractivity contribution in [2.75, 3.05) is 0 Å². The highest BCUT2D eigenvalue weighted by molar-refractivity contribution is 8.01. The normalized spacial score (nSPS) is 15.3. The van der Waals surface area contributed by atoms with Gasteiger partial charge < -0.3 is 0 Å². The summed E-state index contributed by atoms with van der Waals surface area (Å²) in [5.74, 6) is 0.351. The zero-order chi connectivity index (χ0) is 9.72. The summed E-state index contributed by atoms with van der Waals surface area (Å²) in [7, 11) is 0. The lowest BCUT2D eigenvalue weighted by atomic mass is 10.2. The lowest BCUT2D eigenvalue weighted by molar-refractivity contribution is -0.118. The van der Waals surface area contributed by atoms with E-state index in [-0.39, 0.29) is 22.1 Å². The van der Waals surface area contributed by atoms with E-state index >= 15 is 0 Å². The predicted octanol–water partition coefficient (Wildman–Crippen LogP) is 2.06. The van der Waals surface area contributed by atoms with Gasteiger partial charge in [0.05, 0.1) is 10.5 Å². The molecule has 0 aromatic heterocycles. The van der Waals surface area contributed by atoms with Crippen LogP contribution in [0, 0.1) is 0 Å². The molecule has 2 nitrogen and oxygen atoms in total. The van der Waals surface area contributed by atoms with E-state index in [0.717, 1.165) is 0 Å². The Morgan fingerprint density at radius 2 is 1.75 bits per heavy atom. The molecule has 0 aromatic rings. The molecule has 0 fully saturated rings. The Bertz CT molecular complexity index is 177. The van der Waals surface area contributed by atoms with Crippen molar-refractivity contribution in [3.8, 4) is 0 Å². The maximum absolute atomic E-state index is 11.1. The minimum atomic E-state index is -0.0597. The van der Waals surface area contributed by atoms with Crippen molar-refractivity contribution >= 4 is 23.3 Å². The highest BCUT2D eigenvalue weighted by Crippen LogP contribution is 2.19. The molecular weight excluding hydrogens is 172 g/mol. The molecule has 2 unspecified atom stereocenters. The first kappa shape index (κ1) is 11.7. The van der Waals surface area contributed by atoms with Crippen LogP contribution in [-0.2, 0) is 9.59 Å². The van der Waals surface area contributed by atoms with Crippen molar-refractivity contribution in [3.63, 3.8) is 0 Å². The van der Waals surface area contributed by atoms with Crippen molar-refractivity contribution in [1.29, 1.82) is 0 Å². The standard InChI is InChI=1S/C9H16O2S/c1-5-9(11)8(4)12-7(3)6(2)10/h7-8H,5H2,1-4H3. The average Bonchev–Trinajstić information content (AvgIpc) is 2.02. The largest absolute Gasteiger partial charge is 0.299 e. The monoisotopic (exact) mass is 188 g/mol. The lowest BCUT2D eigenvalue weighted by Crippen LogP contribution is -2.19. The number of hydrogen-bond donors (Lipinski definition) is 0. The maximum Gasteiger partial charge on any atom is 0.145 e. The van der Waals surface area contributed by atoms with Crippen LogP contribution in [-0.4, -0.2) is 22.1 Å². The van der Waals surface area contributed by atoms with Crippen molar-refractivity contribution in [2.24, 2.45) is 0 Å². The van der Waals surface area contributed by atoms with Crippen LogP contribution in [0.5, 0.6) is 0 Å². The van der Waals surface area contributed by atoms with Crippen molar-refractivity contribution in [3.05, 3.63) is 0 Å². The summed E-state index contributed by atoms with van der Waals surface area (Å²) in [6.45, 7) is 7.10. The van der Waals surface area contributed by atoms with Gasteiger partial charge in [-0.25, -0.2) is 0 Å². The van der Waals surface area contributed by atoms with E-state index in [9.17, 15) is 9.59 Å². The molecule has 0 heterocycles. The number of carbonyl (C=O) groups excluding carboxylic acids is 2. The Kier molecular flexibility index (Phi) is 5.22. The first-order chi connectivity index (χ1) is 5.49. The summed E-state index contributed by atoms with van der Waals surface area (Å²) < 4.78 is 0. The molecule has 12 heavy (non-hydrogen) atoms. The second kappa shape index (κ2) is 5.36. The van der Waals surface area contributed by atoms with Gasteiger partial charge in [-0.1, -0.05) is 6.92 Å². The van der Waals surface area contributed by atoms with Gasteiger partial charge in [0.1, 0.15) is 11.6 Å². The summed E-state index contributed by atoms with van der Waals surface area (Å²) in [5, 5.41) is -0.107. The number of rotatable bonds is 5. The second-order valence-corrected chi connectivity index (χ2v) is 4.54. The van der Waals surface area contributed by atoms with Crippen LogP contribution in [0.2, 0.25) is 0 Å². The summed E-state index contributed by atoms with van der Waals surface area (Å²) in [6, 6.07) is 0. The van der Waals surface area contributed by atoms with Gasteiger partial charge in [-0.3, -0.25) is 9.59 Å². The summed E-state index contributed by atoms with van der Waals surface area (Å²) in [5.41, 5.74) is 0. The fourth-order valence-electron chi connectivity index (χ4n) is 0.765. The van der Waals surface area contributed by atoms with Gasteiger partial charge >= 0.3 is 0 Å². The minimum absolute atomic E-state index is 0.0473. The molecule has 0 aliphatic heterocycles. The Labute approximate surface area is 78.1 Å². The number of hydrogen-bond acceptors (Lipinski definition) is 3. The third kappa shape index (κ3) is 3.90. The van der Waals surface area contributed by atoms with E-state index in [1.54, 1.807) is 6.92 Å². The van der Waals surface area contributed by atoms with Crippen LogP contribution < -0.4 is 0 Å². The average molecular weight is 188 g/mol. The number of Topliss-reactive ketones (excluding diaryl/α,β-unsaturated/α-hetero) is 2. The Hall–Kier alpha value is -0.310. The molecule has 0 aliphatic carbocycles. The van der Waals surface area contributed by atoms with Gasteiger partial charge in [-0.2, -0.15) is 0 Å². The molecule has 0 aromatic carbocycles. The van der Waals surface area contributed by atoms with E-state index in [2.05, 4.69) is 0 Å². The number of carbonyl (C=O) groups is 2. The van der Waals surface area contributed by atoms with Crippen LogP contribution >= 0.6 is 11.8 Å². The van der Waals surface area contributed by atoms with Gasteiger partial charge in [0.15, 0.2) is 0 Å².